The molecule has 0 saturated carbocycles. The van der Waals surface area contributed by atoms with Crippen LogP contribution < -0.4 is 5.32 Å². The normalized spacial score (nSPS) is 10.9. The maximum atomic E-state index is 14.2. The van der Waals surface area contributed by atoms with Gasteiger partial charge in [0, 0.05) is 34.5 Å². The molecule has 0 aliphatic rings. The van der Waals surface area contributed by atoms with Crippen LogP contribution in [0.15, 0.2) is 36.4 Å². The number of carbonyl (C=O) groups excluding carboxylic acids is 1. The Morgan fingerprint density at radius 2 is 2.04 bits per heavy atom. The van der Waals surface area contributed by atoms with Crippen molar-refractivity contribution in [2.24, 2.45) is 0 Å². The number of benzene rings is 2. The molecule has 2 aromatic carbocycles. The van der Waals surface area contributed by atoms with E-state index in [-0.39, 0.29) is 17.2 Å². The summed E-state index contributed by atoms with van der Waals surface area (Å²) in [5.74, 6) is -2.06. The fourth-order valence-electron chi connectivity index (χ4n) is 2.55. The van der Waals surface area contributed by atoms with E-state index in [1.807, 2.05) is 0 Å². The van der Waals surface area contributed by atoms with Crippen LogP contribution in [0.1, 0.15) is 15.2 Å². The molecular weight excluding hydrogens is 366 g/mol. The third kappa shape index (κ3) is 3.26. The number of methoxy groups -OCH3 is 1. The number of hydrogen-bond acceptors (Lipinski definition) is 5. The van der Waals surface area contributed by atoms with E-state index in [0.717, 1.165) is 23.5 Å². The summed E-state index contributed by atoms with van der Waals surface area (Å²) in [5.41, 5.74) is -0.300. The molecule has 9 heteroatoms. The molecule has 0 radical (unpaired) electrons. The van der Waals surface area contributed by atoms with Crippen LogP contribution in [0.4, 0.5) is 20.2 Å². The van der Waals surface area contributed by atoms with Crippen LogP contribution in [0.5, 0.6) is 0 Å². The minimum Gasteiger partial charge on any atom is -0.380 e. The van der Waals surface area contributed by atoms with Crippen LogP contribution in [0, 0.1) is 21.7 Å². The molecule has 26 heavy (non-hydrogen) atoms. The topological polar surface area (TPSA) is 81.5 Å². The van der Waals surface area contributed by atoms with E-state index in [4.69, 9.17) is 4.74 Å². The van der Waals surface area contributed by atoms with E-state index in [0.29, 0.717) is 15.6 Å². The molecule has 0 atom stereocenters. The van der Waals surface area contributed by atoms with Crippen LogP contribution in [-0.4, -0.2) is 17.9 Å². The Labute approximate surface area is 150 Å². The molecule has 1 heterocycles. The number of rotatable bonds is 5. The number of hydrogen-bond donors (Lipinski definition) is 1. The number of thiophene rings is 1. The van der Waals surface area contributed by atoms with Crippen molar-refractivity contribution in [2.45, 2.75) is 6.61 Å². The van der Waals surface area contributed by atoms with Gasteiger partial charge < -0.3 is 10.1 Å². The first-order valence-corrected chi connectivity index (χ1v) is 8.18. The second-order valence-corrected chi connectivity index (χ2v) is 6.39. The Balaban J connectivity index is 2.00. The van der Waals surface area contributed by atoms with Gasteiger partial charge >= 0.3 is 5.69 Å². The molecule has 1 amide bonds. The Morgan fingerprint density at radius 3 is 2.73 bits per heavy atom. The molecule has 0 saturated heterocycles. The SMILES string of the molecule is COCc1c(C(=O)Nc2ccc(F)c([N+](=O)[O-])c2)sc2cccc(F)c12. The largest absolute Gasteiger partial charge is 0.380 e. The van der Waals surface area contributed by atoms with Gasteiger partial charge in [-0.25, -0.2) is 4.39 Å². The fraction of sp³-hybridized carbons (Fsp3) is 0.118. The van der Waals surface area contributed by atoms with Crippen molar-refractivity contribution in [2.75, 3.05) is 12.4 Å². The molecule has 1 N–H and O–H groups in total. The molecule has 3 aromatic rings. The average molecular weight is 378 g/mol. The van der Waals surface area contributed by atoms with Crippen molar-refractivity contribution in [1.29, 1.82) is 0 Å². The van der Waals surface area contributed by atoms with E-state index in [2.05, 4.69) is 5.32 Å². The summed E-state index contributed by atoms with van der Waals surface area (Å²) < 4.78 is 33.2. The van der Waals surface area contributed by atoms with Gasteiger partial charge in [-0.15, -0.1) is 11.3 Å². The van der Waals surface area contributed by atoms with E-state index in [1.165, 1.54) is 25.3 Å². The fourth-order valence-corrected chi connectivity index (χ4v) is 3.67. The van der Waals surface area contributed by atoms with E-state index >= 15 is 0 Å². The lowest BCUT2D eigenvalue weighted by molar-refractivity contribution is -0.387. The first-order valence-electron chi connectivity index (χ1n) is 7.36. The number of carbonyl (C=O) groups is 1. The third-order valence-electron chi connectivity index (χ3n) is 3.66. The van der Waals surface area contributed by atoms with Crippen molar-refractivity contribution in [3.05, 3.63) is 68.6 Å². The maximum absolute atomic E-state index is 14.2. The Hall–Kier alpha value is -2.91. The molecule has 0 aliphatic heterocycles. The van der Waals surface area contributed by atoms with Crippen LogP contribution in [0.25, 0.3) is 10.1 Å². The van der Waals surface area contributed by atoms with Crippen molar-refractivity contribution in [1.82, 2.24) is 0 Å². The molecule has 1 aromatic heterocycles. The first kappa shape index (κ1) is 17.9. The molecule has 3 rings (SSSR count). The highest BCUT2D eigenvalue weighted by Gasteiger charge is 2.22. The van der Waals surface area contributed by atoms with Crippen molar-refractivity contribution >= 4 is 38.7 Å². The Kier molecular flexibility index (Phi) is 4.92. The van der Waals surface area contributed by atoms with Crippen molar-refractivity contribution in [3.8, 4) is 0 Å². The second kappa shape index (κ2) is 7.14. The molecular formula is C17H12F2N2O4S. The predicted octanol–water partition coefficient (Wildman–Crippen LogP) is 4.49. The first-order chi connectivity index (χ1) is 12.4. The minimum atomic E-state index is -1.00. The van der Waals surface area contributed by atoms with Crippen LogP contribution in [0.2, 0.25) is 0 Å². The van der Waals surface area contributed by atoms with E-state index in [9.17, 15) is 23.7 Å². The lowest BCUT2D eigenvalue weighted by Gasteiger charge is -2.07. The second-order valence-electron chi connectivity index (χ2n) is 5.33. The zero-order valence-electron chi connectivity index (χ0n) is 13.4. The number of nitrogens with zero attached hydrogens (tertiary/aromatic N) is 1. The molecule has 0 fully saturated rings. The number of fused-ring (bicyclic) bond motifs is 1. The van der Waals surface area contributed by atoms with E-state index in [1.54, 1.807) is 6.07 Å². The average Bonchev–Trinajstić information content (AvgIpc) is 2.97. The lowest BCUT2D eigenvalue weighted by Crippen LogP contribution is -2.13. The molecule has 134 valence electrons. The zero-order chi connectivity index (χ0) is 18.8. The monoisotopic (exact) mass is 378 g/mol. The Bertz CT molecular complexity index is 1020. The zero-order valence-corrected chi connectivity index (χ0v) is 14.2. The smallest absolute Gasteiger partial charge is 0.306 e. The maximum Gasteiger partial charge on any atom is 0.306 e. The molecule has 0 bridgehead atoms. The number of nitro groups is 1. The number of halogens is 2. The van der Waals surface area contributed by atoms with Crippen LogP contribution in [0.3, 0.4) is 0 Å². The van der Waals surface area contributed by atoms with Gasteiger partial charge in [0.15, 0.2) is 0 Å². The molecule has 6 nitrogen and oxygen atoms in total. The summed E-state index contributed by atoms with van der Waals surface area (Å²) in [6.07, 6.45) is 0. The summed E-state index contributed by atoms with van der Waals surface area (Å²) in [6.45, 7) is 0.0211. The minimum absolute atomic E-state index is 0.0211. The quantitative estimate of drug-likeness (QED) is 0.524. The molecule has 0 aliphatic carbocycles. The van der Waals surface area contributed by atoms with Crippen LogP contribution in [-0.2, 0) is 11.3 Å². The van der Waals surface area contributed by atoms with Gasteiger partial charge in [-0.3, -0.25) is 14.9 Å². The highest BCUT2D eigenvalue weighted by Crippen LogP contribution is 2.34. The van der Waals surface area contributed by atoms with Gasteiger partial charge in [0.1, 0.15) is 5.82 Å². The molecule has 0 unspecified atom stereocenters. The number of nitrogens with one attached hydrogen (secondary N) is 1. The summed E-state index contributed by atoms with van der Waals surface area (Å²) >= 11 is 1.08. The van der Waals surface area contributed by atoms with Gasteiger partial charge in [-0.1, -0.05) is 6.07 Å². The van der Waals surface area contributed by atoms with Gasteiger partial charge in [0.2, 0.25) is 5.82 Å². The molecule has 0 spiro atoms. The lowest BCUT2D eigenvalue weighted by atomic mass is 10.1. The van der Waals surface area contributed by atoms with Gasteiger partial charge in [-0.05, 0) is 24.3 Å². The van der Waals surface area contributed by atoms with Crippen molar-refractivity contribution in [3.63, 3.8) is 0 Å². The number of anilines is 1. The van der Waals surface area contributed by atoms with Gasteiger partial charge in [0.25, 0.3) is 5.91 Å². The highest BCUT2D eigenvalue weighted by molar-refractivity contribution is 7.21. The third-order valence-corrected chi connectivity index (χ3v) is 4.85. The highest BCUT2D eigenvalue weighted by atomic mass is 32.1. The van der Waals surface area contributed by atoms with Crippen LogP contribution >= 0.6 is 11.3 Å². The predicted molar refractivity (Wildman–Crippen MR) is 93.5 cm³/mol. The number of nitro benzene ring substituents is 1. The standard InChI is InChI=1S/C17H12F2N2O4S/c1-25-8-10-15-12(19)3-2-4-14(15)26-16(10)17(22)20-9-5-6-11(18)13(7-9)21(23)24/h2-7H,8H2,1H3,(H,20,22). The number of ether oxygens (including phenoxy) is 1. The van der Waals surface area contributed by atoms with Gasteiger partial charge in [-0.2, -0.15) is 4.39 Å². The van der Waals surface area contributed by atoms with Gasteiger partial charge in [0.05, 0.1) is 16.4 Å². The van der Waals surface area contributed by atoms with Crippen molar-refractivity contribution < 1.29 is 23.2 Å². The summed E-state index contributed by atoms with van der Waals surface area (Å²) in [7, 11) is 1.43. The number of amides is 1. The summed E-state index contributed by atoms with van der Waals surface area (Å²) in [5, 5.41) is 13.6. The van der Waals surface area contributed by atoms with E-state index < -0.39 is 28.2 Å². The Morgan fingerprint density at radius 1 is 1.27 bits per heavy atom. The summed E-state index contributed by atoms with van der Waals surface area (Å²) in [4.78, 5) is 22.8. The summed E-state index contributed by atoms with van der Waals surface area (Å²) in [6, 6.07) is 7.55.